The lowest BCUT2D eigenvalue weighted by Crippen LogP contribution is -2.43. The van der Waals surface area contributed by atoms with Crippen LogP contribution in [0, 0.1) is 0 Å². The molecule has 2 bridgehead atoms. The minimum absolute atomic E-state index is 0.203. The van der Waals surface area contributed by atoms with Gasteiger partial charge in [0.1, 0.15) is 5.60 Å². The second-order valence-electron chi connectivity index (χ2n) is 5.97. The molecule has 0 radical (unpaired) electrons. The normalized spacial score (nSPS) is 30.9. The fraction of sp³-hybridized carbons (Fsp3) is 0.600. The molecule has 2 aliphatic rings. The van der Waals surface area contributed by atoms with Crippen LogP contribution in [0.15, 0.2) is 12.1 Å². The largest absolute Gasteiger partial charge is 0.493 e. The quantitative estimate of drug-likeness (QED) is 0.822. The Morgan fingerprint density at radius 2 is 1.63 bits per heavy atom. The molecule has 0 aliphatic carbocycles. The van der Waals surface area contributed by atoms with E-state index in [0.29, 0.717) is 6.61 Å². The third-order valence-electron chi connectivity index (χ3n) is 4.25. The predicted molar refractivity (Wildman–Crippen MR) is 70.7 cm³/mol. The summed E-state index contributed by atoms with van der Waals surface area (Å²) in [6.45, 7) is 6.90. The van der Waals surface area contributed by atoms with Crippen molar-refractivity contribution in [2.24, 2.45) is 0 Å². The van der Waals surface area contributed by atoms with E-state index in [1.807, 2.05) is 6.07 Å². The van der Waals surface area contributed by atoms with E-state index in [9.17, 15) is 0 Å². The van der Waals surface area contributed by atoms with E-state index in [-0.39, 0.29) is 11.7 Å². The third kappa shape index (κ3) is 1.60. The van der Waals surface area contributed by atoms with Crippen LogP contribution >= 0.6 is 0 Å². The van der Waals surface area contributed by atoms with Gasteiger partial charge in [-0.2, -0.15) is 0 Å². The van der Waals surface area contributed by atoms with Gasteiger partial charge < -0.3 is 18.9 Å². The molecule has 1 aromatic carbocycles. The van der Waals surface area contributed by atoms with Crippen molar-refractivity contribution in [1.29, 1.82) is 0 Å². The maximum atomic E-state index is 6.08. The van der Waals surface area contributed by atoms with E-state index in [4.69, 9.17) is 18.9 Å². The van der Waals surface area contributed by atoms with Gasteiger partial charge in [-0.05, 0) is 30.2 Å². The van der Waals surface area contributed by atoms with Crippen LogP contribution in [0.4, 0.5) is 0 Å². The van der Waals surface area contributed by atoms with Gasteiger partial charge in [0.25, 0.3) is 0 Å². The Balaban J connectivity index is 2.26. The molecule has 1 aromatic rings. The smallest absolute Gasteiger partial charge is 0.168 e. The van der Waals surface area contributed by atoms with Crippen molar-refractivity contribution in [1.82, 2.24) is 0 Å². The van der Waals surface area contributed by atoms with E-state index in [2.05, 4.69) is 26.8 Å². The van der Waals surface area contributed by atoms with Crippen molar-refractivity contribution in [2.75, 3.05) is 20.8 Å². The van der Waals surface area contributed by atoms with Crippen LogP contribution in [0.1, 0.15) is 31.9 Å². The van der Waals surface area contributed by atoms with E-state index in [1.165, 1.54) is 5.56 Å². The first kappa shape index (κ1) is 12.8. The molecule has 0 N–H and O–H groups in total. The Labute approximate surface area is 113 Å². The van der Waals surface area contributed by atoms with Crippen molar-refractivity contribution in [2.45, 2.75) is 38.1 Å². The van der Waals surface area contributed by atoms with Gasteiger partial charge in [0.05, 0.1) is 20.8 Å². The molecule has 3 rings (SSSR count). The van der Waals surface area contributed by atoms with Gasteiger partial charge >= 0.3 is 0 Å². The second-order valence-corrected chi connectivity index (χ2v) is 5.97. The number of benzene rings is 1. The molecule has 4 heteroatoms. The highest BCUT2D eigenvalue weighted by Gasteiger charge is 2.53. The maximum absolute atomic E-state index is 6.08. The molecule has 0 amide bonds. The van der Waals surface area contributed by atoms with E-state index in [1.54, 1.807) is 14.2 Å². The summed E-state index contributed by atoms with van der Waals surface area (Å²) in [5.41, 5.74) is 1.74. The summed E-state index contributed by atoms with van der Waals surface area (Å²) in [7, 11) is 3.30. The van der Waals surface area contributed by atoms with Gasteiger partial charge in [0, 0.05) is 5.41 Å². The van der Waals surface area contributed by atoms with Crippen LogP contribution in [0.3, 0.4) is 0 Å². The number of methoxy groups -OCH3 is 2. The minimum atomic E-state index is -0.394. The molecule has 104 valence electrons. The first-order chi connectivity index (χ1) is 8.92. The fourth-order valence-electron chi connectivity index (χ4n) is 3.01. The molecule has 4 nitrogen and oxygen atoms in total. The minimum Gasteiger partial charge on any atom is -0.493 e. The molecule has 2 aliphatic heterocycles. The zero-order valence-corrected chi connectivity index (χ0v) is 12.1. The fourth-order valence-corrected chi connectivity index (χ4v) is 3.01. The summed E-state index contributed by atoms with van der Waals surface area (Å²) in [5.74, 6) is 1.48. The molecule has 0 saturated carbocycles. The highest BCUT2D eigenvalue weighted by atomic mass is 16.7. The summed E-state index contributed by atoms with van der Waals surface area (Å²) in [6.07, 6.45) is -0.205. The van der Waals surface area contributed by atoms with Gasteiger partial charge in [-0.1, -0.05) is 13.8 Å². The average Bonchev–Trinajstić information content (AvgIpc) is 2.78. The van der Waals surface area contributed by atoms with E-state index < -0.39 is 5.60 Å². The Morgan fingerprint density at radius 3 is 2.21 bits per heavy atom. The topological polar surface area (TPSA) is 36.9 Å². The molecule has 0 spiro atoms. The van der Waals surface area contributed by atoms with Gasteiger partial charge in [0.15, 0.2) is 17.8 Å². The second kappa shape index (κ2) is 3.87. The van der Waals surface area contributed by atoms with Crippen LogP contribution in [0.5, 0.6) is 11.5 Å². The highest BCUT2D eigenvalue weighted by molar-refractivity contribution is 5.53. The van der Waals surface area contributed by atoms with E-state index in [0.717, 1.165) is 17.1 Å². The average molecular weight is 264 g/mol. The number of ether oxygens (including phenoxy) is 4. The molecule has 1 saturated heterocycles. The van der Waals surface area contributed by atoms with Gasteiger partial charge in [-0.25, -0.2) is 0 Å². The van der Waals surface area contributed by atoms with Crippen molar-refractivity contribution >= 4 is 0 Å². The summed E-state index contributed by atoms with van der Waals surface area (Å²) in [4.78, 5) is 0. The lowest BCUT2D eigenvalue weighted by molar-refractivity contribution is -0.136. The Kier molecular flexibility index (Phi) is 2.60. The molecule has 2 atom stereocenters. The van der Waals surface area contributed by atoms with Gasteiger partial charge in [0.2, 0.25) is 0 Å². The van der Waals surface area contributed by atoms with Crippen molar-refractivity contribution in [3.05, 3.63) is 23.3 Å². The third-order valence-corrected chi connectivity index (χ3v) is 4.25. The first-order valence-electron chi connectivity index (χ1n) is 6.49. The number of rotatable bonds is 2. The summed E-state index contributed by atoms with van der Waals surface area (Å²) in [5, 5.41) is 0. The standard InChI is InChI=1S/C15H20O4/c1-14(2)9-6-11(16-4)12(17-5)7-10(9)15(3)8-18-13(14)19-15/h6-7,13H,8H2,1-5H3. The lowest BCUT2D eigenvalue weighted by Gasteiger charge is -2.40. The van der Waals surface area contributed by atoms with E-state index >= 15 is 0 Å². The zero-order valence-electron chi connectivity index (χ0n) is 12.1. The summed E-state index contributed by atoms with van der Waals surface area (Å²) in [6, 6.07) is 4.07. The van der Waals surface area contributed by atoms with Crippen molar-refractivity contribution in [3.63, 3.8) is 0 Å². The molecule has 19 heavy (non-hydrogen) atoms. The monoisotopic (exact) mass is 264 g/mol. The van der Waals surface area contributed by atoms with Crippen molar-refractivity contribution in [3.8, 4) is 11.5 Å². The first-order valence-corrected chi connectivity index (χ1v) is 6.49. The van der Waals surface area contributed by atoms with Crippen LogP contribution < -0.4 is 9.47 Å². The Bertz CT molecular complexity index is 500. The van der Waals surface area contributed by atoms with Crippen LogP contribution in [0.25, 0.3) is 0 Å². The molecule has 0 aromatic heterocycles. The number of hydrogen-bond acceptors (Lipinski definition) is 4. The predicted octanol–water partition coefficient (Wildman–Crippen LogP) is 2.58. The van der Waals surface area contributed by atoms with Gasteiger partial charge in [-0.3, -0.25) is 0 Å². The van der Waals surface area contributed by atoms with Crippen LogP contribution in [0.2, 0.25) is 0 Å². The number of fused-ring (bicyclic) bond motifs is 4. The molecular weight excluding hydrogens is 244 g/mol. The highest BCUT2D eigenvalue weighted by Crippen LogP contribution is 2.52. The Morgan fingerprint density at radius 1 is 1.05 bits per heavy atom. The molecule has 2 unspecified atom stereocenters. The van der Waals surface area contributed by atoms with Gasteiger partial charge in [-0.15, -0.1) is 0 Å². The lowest BCUT2D eigenvalue weighted by atomic mass is 9.75. The number of hydrogen-bond donors (Lipinski definition) is 0. The Hall–Kier alpha value is -1.26. The zero-order chi connectivity index (χ0) is 13.8. The maximum Gasteiger partial charge on any atom is 0.168 e. The van der Waals surface area contributed by atoms with Crippen molar-refractivity contribution < 1.29 is 18.9 Å². The van der Waals surface area contributed by atoms with Crippen LogP contribution in [-0.2, 0) is 20.5 Å². The summed E-state index contributed by atoms with van der Waals surface area (Å²) < 4.78 is 22.7. The molecular formula is C15H20O4. The van der Waals surface area contributed by atoms with Crippen LogP contribution in [-0.4, -0.2) is 27.1 Å². The molecule has 2 heterocycles. The SMILES string of the molecule is COc1cc2c(cc1OC)C(C)(C)C1OCC2(C)O1. The molecule has 1 fully saturated rings. The summed E-state index contributed by atoms with van der Waals surface area (Å²) >= 11 is 0.